The molecule has 1 saturated carbocycles. The van der Waals surface area contributed by atoms with Gasteiger partial charge in [0.15, 0.2) is 0 Å². The molecule has 3 aromatic carbocycles. The number of rotatable bonds is 5. The Kier molecular flexibility index (Phi) is 4.17. The minimum Gasteiger partial charge on any atom is -0.457 e. The van der Waals surface area contributed by atoms with Gasteiger partial charge in [-0.15, -0.1) is 0 Å². The minimum atomic E-state index is -0.388. The molecule has 1 N–H and O–H groups in total. The Morgan fingerprint density at radius 2 is 1.58 bits per heavy atom. The van der Waals surface area contributed by atoms with Gasteiger partial charge in [0, 0.05) is 5.56 Å². The van der Waals surface area contributed by atoms with Crippen LogP contribution in [0.25, 0.3) is 0 Å². The number of ether oxygens (including phenoxy) is 1. The summed E-state index contributed by atoms with van der Waals surface area (Å²) in [6.07, 6.45) is 1.70. The van der Waals surface area contributed by atoms with Crippen LogP contribution in [-0.4, -0.2) is 5.91 Å². The number of hydrogen-bond acceptors (Lipinski definition) is 2. The molecule has 3 aromatic rings. The maximum Gasteiger partial charge on any atom is 0.252 e. The van der Waals surface area contributed by atoms with E-state index < -0.39 is 0 Å². The van der Waals surface area contributed by atoms with Gasteiger partial charge < -0.3 is 10.1 Å². The lowest BCUT2D eigenvalue weighted by Gasteiger charge is -2.18. The summed E-state index contributed by atoms with van der Waals surface area (Å²) in [6.45, 7) is 0. The van der Waals surface area contributed by atoms with Crippen molar-refractivity contribution in [1.29, 1.82) is 0 Å². The molecule has 0 bridgehead atoms. The molecule has 0 aliphatic heterocycles. The third-order valence-electron chi connectivity index (χ3n) is 4.57. The second-order valence-corrected chi connectivity index (χ2v) is 6.49. The normalized spacial score (nSPS) is 14.5. The van der Waals surface area contributed by atoms with Gasteiger partial charge in [-0.3, -0.25) is 4.79 Å². The molecule has 0 atom stereocenters. The maximum atomic E-state index is 13.1. The molecule has 1 amide bonds. The molecule has 1 aliphatic rings. The van der Waals surface area contributed by atoms with E-state index in [1.54, 1.807) is 30.3 Å². The second kappa shape index (κ2) is 6.64. The van der Waals surface area contributed by atoms with Crippen molar-refractivity contribution in [3.8, 4) is 11.5 Å². The van der Waals surface area contributed by atoms with Crippen molar-refractivity contribution in [1.82, 2.24) is 5.32 Å². The molecule has 0 saturated heterocycles. The standard InChI is InChI=1S/C22H18FNO2/c23-18-11-9-17(10-12-18)22(13-14-22)24-21(25)16-5-4-8-20(15-16)26-19-6-2-1-3-7-19/h1-12,15H,13-14H2,(H,24,25). The van der Waals surface area contributed by atoms with Crippen molar-refractivity contribution in [3.63, 3.8) is 0 Å². The third kappa shape index (κ3) is 3.45. The highest BCUT2D eigenvalue weighted by atomic mass is 19.1. The monoisotopic (exact) mass is 347 g/mol. The van der Waals surface area contributed by atoms with E-state index in [2.05, 4.69) is 5.32 Å². The van der Waals surface area contributed by atoms with Crippen LogP contribution in [0.2, 0.25) is 0 Å². The summed E-state index contributed by atoms with van der Waals surface area (Å²) in [7, 11) is 0. The van der Waals surface area contributed by atoms with Gasteiger partial charge in [0.05, 0.1) is 5.54 Å². The first kappa shape index (κ1) is 16.3. The summed E-state index contributed by atoms with van der Waals surface area (Å²) in [5.74, 6) is 0.887. The molecule has 26 heavy (non-hydrogen) atoms. The summed E-state index contributed by atoms with van der Waals surface area (Å²) in [6, 6.07) is 22.8. The number of nitrogens with one attached hydrogen (secondary N) is 1. The van der Waals surface area contributed by atoms with Gasteiger partial charge in [-0.25, -0.2) is 4.39 Å². The van der Waals surface area contributed by atoms with Crippen molar-refractivity contribution >= 4 is 5.91 Å². The van der Waals surface area contributed by atoms with E-state index >= 15 is 0 Å². The average Bonchev–Trinajstić information content (AvgIpc) is 3.44. The van der Waals surface area contributed by atoms with Gasteiger partial charge in [0.25, 0.3) is 5.91 Å². The summed E-state index contributed by atoms with van der Waals surface area (Å²) in [4.78, 5) is 12.7. The fourth-order valence-corrected chi connectivity index (χ4v) is 2.99. The quantitative estimate of drug-likeness (QED) is 0.702. The van der Waals surface area contributed by atoms with Crippen molar-refractivity contribution in [2.45, 2.75) is 18.4 Å². The Morgan fingerprint density at radius 1 is 0.885 bits per heavy atom. The van der Waals surface area contributed by atoms with Crippen LogP contribution in [-0.2, 0) is 5.54 Å². The Bertz CT molecular complexity index is 918. The molecule has 0 aromatic heterocycles. The van der Waals surface area contributed by atoms with Crippen LogP contribution in [0, 0.1) is 5.82 Å². The molecule has 1 fully saturated rings. The van der Waals surface area contributed by atoms with Gasteiger partial charge in [-0.05, 0) is 60.9 Å². The zero-order valence-corrected chi connectivity index (χ0v) is 14.1. The number of carbonyl (C=O) groups is 1. The topological polar surface area (TPSA) is 38.3 Å². The predicted octanol–water partition coefficient (Wildman–Crippen LogP) is 5.04. The van der Waals surface area contributed by atoms with E-state index in [0.29, 0.717) is 11.3 Å². The van der Waals surface area contributed by atoms with Crippen LogP contribution in [0.15, 0.2) is 78.9 Å². The first-order chi connectivity index (χ1) is 12.6. The lowest BCUT2D eigenvalue weighted by Crippen LogP contribution is -2.34. The van der Waals surface area contributed by atoms with Crippen molar-refractivity contribution in [2.24, 2.45) is 0 Å². The SMILES string of the molecule is O=C(NC1(c2ccc(F)cc2)CC1)c1cccc(Oc2ccccc2)c1. The van der Waals surface area contributed by atoms with Gasteiger partial charge in [0.1, 0.15) is 17.3 Å². The molecule has 4 heteroatoms. The van der Waals surface area contributed by atoms with Gasteiger partial charge >= 0.3 is 0 Å². The van der Waals surface area contributed by atoms with Crippen LogP contribution in [0.5, 0.6) is 11.5 Å². The Hall–Kier alpha value is -3.14. The highest BCUT2D eigenvalue weighted by molar-refractivity contribution is 5.95. The molecule has 1 aliphatic carbocycles. The molecule has 130 valence electrons. The number of amides is 1. The number of halogens is 1. The molecule has 0 spiro atoms. The molecule has 0 heterocycles. The van der Waals surface area contributed by atoms with E-state index in [1.807, 2.05) is 36.4 Å². The van der Waals surface area contributed by atoms with Gasteiger partial charge in [0.2, 0.25) is 0 Å². The van der Waals surface area contributed by atoms with E-state index in [-0.39, 0.29) is 17.3 Å². The summed E-state index contributed by atoms with van der Waals surface area (Å²) < 4.78 is 18.9. The Balaban J connectivity index is 1.50. The Labute approximate surface area is 151 Å². The third-order valence-corrected chi connectivity index (χ3v) is 4.57. The summed E-state index contributed by atoms with van der Waals surface area (Å²) in [5, 5.41) is 3.09. The summed E-state index contributed by atoms with van der Waals surface area (Å²) in [5.41, 5.74) is 1.08. The van der Waals surface area contributed by atoms with Crippen molar-refractivity contribution in [2.75, 3.05) is 0 Å². The molecule has 0 radical (unpaired) electrons. The molecule has 3 nitrogen and oxygen atoms in total. The lowest BCUT2D eigenvalue weighted by atomic mass is 10.0. The lowest BCUT2D eigenvalue weighted by molar-refractivity contribution is 0.0930. The van der Waals surface area contributed by atoms with E-state index in [4.69, 9.17) is 4.74 Å². The zero-order chi connectivity index (χ0) is 18.0. The largest absolute Gasteiger partial charge is 0.457 e. The Morgan fingerprint density at radius 3 is 2.27 bits per heavy atom. The maximum absolute atomic E-state index is 13.1. The first-order valence-electron chi connectivity index (χ1n) is 8.56. The molecular weight excluding hydrogens is 329 g/mol. The van der Waals surface area contributed by atoms with Crippen LogP contribution >= 0.6 is 0 Å². The number of para-hydroxylation sites is 1. The van der Waals surface area contributed by atoms with Gasteiger partial charge in [-0.1, -0.05) is 36.4 Å². The first-order valence-corrected chi connectivity index (χ1v) is 8.56. The second-order valence-electron chi connectivity index (χ2n) is 6.49. The zero-order valence-electron chi connectivity index (χ0n) is 14.1. The smallest absolute Gasteiger partial charge is 0.252 e. The van der Waals surface area contributed by atoms with Crippen molar-refractivity contribution < 1.29 is 13.9 Å². The number of benzene rings is 3. The molecular formula is C22H18FNO2. The predicted molar refractivity (Wildman–Crippen MR) is 97.7 cm³/mol. The fourth-order valence-electron chi connectivity index (χ4n) is 2.99. The van der Waals surface area contributed by atoms with E-state index in [0.717, 1.165) is 24.2 Å². The molecule has 4 rings (SSSR count). The fraction of sp³-hybridized carbons (Fsp3) is 0.136. The van der Waals surface area contributed by atoms with Gasteiger partial charge in [-0.2, -0.15) is 0 Å². The van der Waals surface area contributed by atoms with Crippen LogP contribution in [0.3, 0.4) is 0 Å². The van der Waals surface area contributed by atoms with Crippen LogP contribution < -0.4 is 10.1 Å². The minimum absolute atomic E-state index is 0.162. The summed E-state index contributed by atoms with van der Waals surface area (Å²) >= 11 is 0. The van der Waals surface area contributed by atoms with Crippen LogP contribution in [0.1, 0.15) is 28.8 Å². The average molecular weight is 347 g/mol. The van der Waals surface area contributed by atoms with E-state index in [1.165, 1.54) is 12.1 Å². The number of carbonyl (C=O) groups excluding carboxylic acids is 1. The highest BCUT2D eigenvalue weighted by Gasteiger charge is 2.45. The van der Waals surface area contributed by atoms with E-state index in [9.17, 15) is 9.18 Å². The highest BCUT2D eigenvalue weighted by Crippen LogP contribution is 2.45. The van der Waals surface area contributed by atoms with Crippen LogP contribution in [0.4, 0.5) is 4.39 Å². The number of hydrogen-bond donors (Lipinski definition) is 1. The van der Waals surface area contributed by atoms with Crippen molar-refractivity contribution in [3.05, 3.63) is 95.8 Å². The molecule has 0 unspecified atom stereocenters.